The Morgan fingerprint density at radius 3 is 2.45 bits per heavy atom. The molecule has 0 spiro atoms. The Labute approximate surface area is 168 Å². The number of carbonyl (C=O) groups excluding carboxylic acids is 1. The number of sulfonamides is 1. The molecule has 1 aromatic heterocycles. The van der Waals surface area contributed by atoms with Crippen LogP contribution in [0.4, 0.5) is 5.69 Å². The van der Waals surface area contributed by atoms with Crippen molar-refractivity contribution in [1.82, 2.24) is 9.97 Å². The molecule has 0 radical (unpaired) electrons. The van der Waals surface area contributed by atoms with E-state index in [1.807, 2.05) is 31.2 Å². The smallest absolute Gasteiger partial charge is 0.316 e. The lowest BCUT2D eigenvalue weighted by Crippen LogP contribution is -2.17. The first-order chi connectivity index (χ1) is 13.8. The minimum Gasteiger partial charge on any atom is -0.467 e. The van der Waals surface area contributed by atoms with Crippen LogP contribution in [0.15, 0.2) is 59.8 Å². The van der Waals surface area contributed by atoms with E-state index in [9.17, 15) is 13.2 Å². The Balaban J connectivity index is 1.89. The molecule has 29 heavy (non-hydrogen) atoms. The van der Waals surface area contributed by atoms with Crippen LogP contribution in [0, 0.1) is 6.92 Å². The fraction of sp³-hybridized carbons (Fsp3) is 0.150. The maximum Gasteiger partial charge on any atom is 0.316 e. The highest BCUT2D eigenvalue weighted by Gasteiger charge is 2.18. The van der Waals surface area contributed by atoms with Gasteiger partial charge in [-0.1, -0.05) is 30.3 Å². The first kappa shape index (κ1) is 20.4. The summed E-state index contributed by atoms with van der Waals surface area (Å²) in [5, 5.41) is 8.10. The van der Waals surface area contributed by atoms with Gasteiger partial charge in [-0.2, -0.15) is 0 Å². The van der Waals surface area contributed by atoms with Gasteiger partial charge in [0.1, 0.15) is 0 Å². The second-order valence-corrected chi connectivity index (χ2v) is 7.90. The zero-order chi connectivity index (χ0) is 21.0. The maximum absolute atomic E-state index is 12.4. The minimum absolute atomic E-state index is 0.139. The van der Waals surface area contributed by atoms with Gasteiger partial charge in [0.2, 0.25) is 15.9 Å². The summed E-state index contributed by atoms with van der Waals surface area (Å²) < 4.78 is 29.2. The molecule has 9 heteroatoms. The van der Waals surface area contributed by atoms with E-state index in [-0.39, 0.29) is 23.2 Å². The molecular weight excluding hydrogens is 392 g/mol. The quantitative estimate of drug-likeness (QED) is 0.640. The van der Waals surface area contributed by atoms with E-state index in [1.54, 1.807) is 12.1 Å². The van der Waals surface area contributed by atoms with Gasteiger partial charge in [-0.3, -0.25) is 4.79 Å². The number of anilines is 1. The lowest BCUT2D eigenvalue weighted by molar-refractivity contribution is -0.115. The number of nitrogens with one attached hydrogen (secondary N) is 1. The van der Waals surface area contributed by atoms with Gasteiger partial charge in [0, 0.05) is 29.2 Å². The Morgan fingerprint density at radius 2 is 1.83 bits per heavy atom. The topological polar surface area (TPSA) is 124 Å². The number of carbonyl (C=O) groups is 1. The normalized spacial score (nSPS) is 11.1. The molecule has 1 heterocycles. The van der Waals surface area contributed by atoms with Gasteiger partial charge in [0.15, 0.2) is 0 Å². The maximum atomic E-state index is 12.4. The zero-order valence-electron chi connectivity index (χ0n) is 15.9. The number of methoxy groups -OCH3 is 1. The number of amides is 1. The molecule has 150 valence electrons. The highest BCUT2D eigenvalue weighted by molar-refractivity contribution is 7.89. The summed E-state index contributed by atoms with van der Waals surface area (Å²) in [6, 6.07) is 12.2. The Morgan fingerprint density at radius 1 is 1.14 bits per heavy atom. The number of rotatable bonds is 6. The molecule has 0 unspecified atom stereocenters. The third-order valence-corrected chi connectivity index (χ3v) is 5.26. The summed E-state index contributed by atoms with van der Waals surface area (Å²) in [5.41, 5.74) is 3.00. The van der Waals surface area contributed by atoms with Crippen molar-refractivity contribution in [3.63, 3.8) is 0 Å². The second kappa shape index (κ2) is 8.38. The molecule has 0 fully saturated rings. The molecule has 0 saturated heterocycles. The number of hydrogen-bond donors (Lipinski definition) is 2. The van der Waals surface area contributed by atoms with Gasteiger partial charge in [0.25, 0.3) is 0 Å². The fourth-order valence-corrected chi connectivity index (χ4v) is 3.60. The van der Waals surface area contributed by atoms with Crippen LogP contribution in [0.2, 0.25) is 0 Å². The monoisotopic (exact) mass is 412 g/mol. The Bertz CT molecular complexity index is 1150. The van der Waals surface area contributed by atoms with Gasteiger partial charge in [-0.05, 0) is 30.2 Å². The number of aromatic nitrogens is 2. The van der Waals surface area contributed by atoms with Crippen molar-refractivity contribution in [1.29, 1.82) is 0 Å². The van der Waals surface area contributed by atoms with Crippen molar-refractivity contribution in [3.05, 3.63) is 66.0 Å². The van der Waals surface area contributed by atoms with Gasteiger partial charge < -0.3 is 10.1 Å². The van der Waals surface area contributed by atoms with Crippen LogP contribution in [0.5, 0.6) is 6.01 Å². The first-order valence-corrected chi connectivity index (χ1v) is 10.2. The predicted molar refractivity (Wildman–Crippen MR) is 109 cm³/mol. The standard InChI is InChI=1S/C20H20N4O4S/c1-13-5-3-4-6-14(13)9-19(25)24-16-7-8-17(18(10-16)29(21,26)27)15-11-22-20(28-2)23-12-15/h3-8,10-12H,9H2,1-2H3,(H,24,25)(H2,21,26,27). The number of nitrogens with two attached hydrogens (primary N) is 1. The van der Waals surface area contributed by atoms with Crippen molar-refractivity contribution in [2.45, 2.75) is 18.2 Å². The van der Waals surface area contributed by atoms with Gasteiger partial charge in [-0.25, -0.2) is 23.5 Å². The SMILES string of the molecule is COc1ncc(-c2ccc(NC(=O)Cc3ccccc3C)cc2S(N)(=O)=O)cn1. The molecule has 1 amide bonds. The summed E-state index contributed by atoms with van der Waals surface area (Å²) in [5.74, 6) is -0.264. The van der Waals surface area contributed by atoms with E-state index in [1.165, 1.54) is 25.6 Å². The highest BCUT2D eigenvalue weighted by Crippen LogP contribution is 2.29. The number of benzene rings is 2. The largest absolute Gasteiger partial charge is 0.467 e. The van der Waals surface area contributed by atoms with E-state index in [0.717, 1.165) is 11.1 Å². The third kappa shape index (κ3) is 4.95. The summed E-state index contributed by atoms with van der Waals surface area (Å²) in [6.07, 6.45) is 3.05. The van der Waals surface area contributed by atoms with Crippen molar-refractivity contribution in [3.8, 4) is 17.1 Å². The molecular formula is C20H20N4O4S. The molecule has 0 atom stereocenters. The van der Waals surface area contributed by atoms with E-state index in [0.29, 0.717) is 16.8 Å². The van der Waals surface area contributed by atoms with E-state index in [2.05, 4.69) is 15.3 Å². The fourth-order valence-electron chi connectivity index (χ4n) is 2.82. The lowest BCUT2D eigenvalue weighted by Gasteiger charge is -2.12. The van der Waals surface area contributed by atoms with Crippen molar-refractivity contribution >= 4 is 21.6 Å². The molecule has 3 N–H and O–H groups in total. The summed E-state index contributed by atoms with van der Waals surface area (Å²) in [7, 11) is -2.63. The average molecular weight is 412 g/mol. The van der Waals surface area contributed by atoms with E-state index >= 15 is 0 Å². The average Bonchev–Trinajstić information content (AvgIpc) is 2.69. The molecule has 0 aliphatic rings. The Hall–Kier alpha value is -3.30. The van der Waals surface area contributed by atoms with Crippen LogP contribution in [0.1, 0.15) is 11.1 Å². The van der Waals surface area contributed by atoms with Crippen LogP contribution >= 0.6 is 0 Å². The number of primary sulfonamides is 1. The number of nitrogens with zero attached hydrogens (tertiary/aromatic N) is 2. The molecule has 0 aliphatic carbocycles. The predicted octanol–water partition coefficient (Wildman–Crippen LogP) is 2.29. The second-order valence-electron chi connectivity index (χ2n) is 6.37. The van der Waals surface area contributed by atoms with Crippen LogP contribution < -0.4 is 15.2 Å². The van der Waals surface area contributed by atoms with Gasteiger partial charge in [0.05, 0.1) is 18.4 Å². The first-order valence-electron chi connectivity index (χ1n) is 8.65. The number of ether oxygens (including phenoxy) is 1. The van der Waals surface area contributed by atoms with Gasteiger partial charge >= 0.3 is 6.01 Å². The van der Waals surface area contributed by atoms with Crippen molar-refractivity contribution < 1.29 is 17.9 Å². The summed E-state index contributed by atoms with van der Waals surface area (Å²) in [4.78, 5) is 20.2. The van der Waals surface area contributed by atoms with Crippen molar-refractivity contribution in [2.75, 3.05) is 12.4 Å². The van der Waals surface area contributed by atoms with Crippen LogP contribution in [-0.2, 0) is 21.2 Å². The van der Waals surface area contributed by atoms with Crippen molar-refractivity contribution in [2.24, 2.45) is 5.14 Å². The third-order valence-electron chi connectivity index (χ3n) is 4.31. The van der Waals surface area contributed by atoms with E-state index < -0.39 is 10.0 Å². The van der Waals surface area contributed by atoms with E-state index in [4.69, 9.17) is 9.88 Å². The van der Waals surface area contributed by atoms with Crippen LogP contribution in [0.25, 0.3) is 11.1 Å². The number of hydrogen-bond acceptors (Lipinski definition) is 6. The molecule has 3 rings (SSSR count). The van der Waals surface area contributed by atoms with Crippen LogP contribution in [-0.4, -0.2) is 31.4 Å². The lowest BCUT2D eigenvalue weighted by atomic mass is 10.1. The molecule has 8 nitrogen and oxygen atoms in total. The molecule has 2 aromatic carbocycles. The van der Waals surface area contributed by atoms with Crippen LogP contribution in [0.3, 0.4) is 0 Å². The zero-order valence-corrected chi connectivity index (χ0v) is 16.7. The molecule has 3 aromatic rings. The molecule has 0 aliphatic heterocycles. The molecule has 0 bridgehead atoms. The highest BCUT2D eigenvalue weighted by atomic mass is 32.2. The summed E-state index contributed by atoms with van der Waals surface area (Å²) in [6.45, 7) is 1.92. The molecule has 0 saturated carbocycles. The Kier molecular flexibility index (Phi) is 5.90. The van der Waals surface area contributed by atoms with Gasteiger partial charge in [-0.15, -0.1) is 0 Å². The number of aryl methyl sites for hydroxylation is 1. The summed E-state index contributed by atoms with van der Waals surface area (Å²) >= 11 is 0. The minimum atomic E-state index is -4.06.